The molecule has 2 aromatic rings. The van der Waals surface area contributed by atoms with Crippen molar-refractivity contribution >= 4 is 5.91 Å². The van der Waals surface area contributed by atoms with Gasteiger partial charge >= 0.3 is 0 Å². The zero-order valence-corrected chi connectivity index (χ0v) is 12.4. The van der Waals surface area contributed by atoms with Crippen molar-refractivity contribution in [1.29, 1.82) is 0 Å². The molecule has 1 amide bonds. The number of hydrogen-bond donors (Lipinski definition) is 0. The minimum atomic E-state index is -0.183. The number of ether oxygens (including phenoxy) is 1. The Hall–Kier alpha value is -2.17. The molecular weight excluding hydrogens is 266 g/mol. The Balaban J connectivity index is 2.23. The van der Waals surface area contributed by atoms with Gasteiger partial charge in [0, 0.05) is 19.7 Å². The summed E-state index contributed by atoms with van der Waals surface area (Å²) < 4.78 is 5.57. The highest BCUT2D eigenvalue weighted by Gasteiger charge is 2.15. The zero-order valence-electron chi connectivity index (χ0n) is 12.4. The SMILES string of the molecule is COC(c1ccccc1)c1ccc(C(=O)N(C)OC)cc1. The van der Waals surface area contributed by atoms with Crippen molar-refractivity contribution in [2.24, 2.45) is 0 Å². The number of methoxy groups -OCH3 is 1. The summed E-state index contributed by atoms with van der Waals surface area (Å²) in [5, 5.41) is 1.19. The van der Waals surface area contributed by atoms with Crippen molar-refractivity contribution in [3.8, 4) is 0 Å². The predicted octanol–water partition coefficient (Wildman–Crippen LogP) is 3.06. The lowest BCUT2D eigenvalue weighted by Crippen LogP contribution is -2.25. The molecule has 2 aromatic carbocycles. The fraction of sp³-hybridized carbons (Fsp3) is 0.235. The highest BCUT2D eigenvalue weighted by atomic mass is 16.7. The fourth-order valence-electron chi connectivity index (χ4n) is 2.16. The van der Waals surface area contributed by atoms with Crippen molar-refractivity contribution in [1.82, 2.24) is 5.06 Å². The second-order valence-corrected chi connectivity index (χ2v) is 4.63. The molecule has 0 N–H and O–H groups in total. The Morgan fingerprint density at radius 2 is 1.52 bits per heavy atom. The Labute approximate surface area is 124 Å². The van der Waals surface area contributed by atoms with Crippen LogP contribution in [0.3, 0.4) is 0 Å². The maximum Gasteiger partial charge on any atom is 0.277 e. The van der Waals surface area contributed by atoms with Crippen LogP contribution in [0.2, 0.25) is 0 Å². The van der Waals surface area contributed by atoms with Gasteiger partial charge in [0.2, 0.25) is 0 Å². The van der Waals surface area contributed by atoms with Crippen LogP contribution in [0, 0.1) is 0 Å². The Bertz CT molecular complexity index is 581. The van der Waals surface area contributed by atoms with Crippen LogP contribution in [0.25, 0.3) is 0 Å². The summed E-state index contributed by atoms with van der Waals surface area (Å²) in [6.45, 7) is 0. The molecule has 2 rings (SSSR count). The van der Waals surface area contributed by atoms with Crippen LogP contribution in [0.4, 0.5) is 0 Å². The van der Waals surface area contributed by atoms with Crippen LogP contribution in [0.15, 0.2) is 54.6 Å². The van der Waals surface area contributed by atoms with E-state index in [9.17, 15) is 4.79 Å². The molecule has 0 radical (unpaired) electrons. The van der Waals surface area contributed by atoms with Crippen LogP contribution in [-0.4, -0.2) is 32.2 Å². The third kappa shape index (κ3) is 3.48. The van der Waals surface area contributed by atoms with Gasteiger partial charge in [0.1, 0.15) is 6.10 Å². The quantitative estimate of drug-likeness (QED) is 0.793. The third-order valence-electron chi connectivity index (χ3n) is 3.36. The first-order valence-corrected chi connectivity index (χ1v) is 6.67. The lowest BCUT2D eigenvalue weighted by atomic mass is 10.00. The number of hydrogen-bond acceptors (Lipinski definition) is 3. The Kier molecular flexibility index (Phi) is 5.09. The molecule has 1 unspecified atom stereocenters. The maximum absolute atomic E-state index is 12.0. The first-order valence-electron chi connectivity index (χ1n) is 6.67. The first kappa shape index (κ1) is 15.2. The number of carbonyl (C=O) groups excluding carboxylic acids is 1. The number of benzene rings is 2. The van der Waals surface area contributed by atoms with Gasteiger partial charge in [0.25, 0.3) is 5.91 Å². The van der Waals surface area contributed by atoms with E-state index in [1.54, 1.807) is 26.3 Å². The van der Waals surface area contributed by atoms with Gasteiger partial charge in [-0.2, -0.15) is 0 Å². The van der Waals surface area contributed by atoms with Crippen molar-refractivity contribution < 1.29 is 14.4 Å². The van der Waals surface area contributed by atoms with Gasteiger partial charge in [-0.1, -0.05) is 42.5 Å². The second kappa shape index (κ2) is 7.02. The van der Waals surface area contributed by atoms with E-state index < -0.39 is 0 Å². The Morgan fingerprint density at radius 3 is 2.05 bits per heavy atom. The van der Waals surface area contributed by atoms with Gasteiger partial charge in [0.15, 0.2) is 0 Å². The van der Waals surface area contributed by atoms with Crippen molar-refractivity contribution in [3.05, 3.63) is 71.3 Å². The van der Waals surface area contributed by atoms with E-state index >= 15 is 0 Å². The van der Waals surface area contributed by atoms with Gasteiger partial charge in [-0.25, -0.2) is 5.06 Å². The zero-order chi connectivity index (χ0) is 15.2. The number of rotatable bonds is 5. The highest BCUT2D eigenvalue weighted by molar-refractivity contribution is 5.93. The molecule has 4 nitrogen and oxygen atoms in total. The molecule has 0 aliphatic rings. The minimum absolute atomic E-state index is 0.143. The lowest BCUT2D eigenvalue weighted by Gasteiger charge is -2.17. The van der Waals surface area contributed by atoms with Crippen LogP contribution in [0.1, 0.15) is 27.6 Å². The normalized spacial score (nSPS) is 12.0. The first-order chi connectivity index (χ1) is 10.2. The van der Waals surface area contributed by atoms with E-state index in [0.717, 1.165) is 11.1 Å². The summed E-state index contributed by atoms with van der Waals surface area (Å²) in [6, 6.07) is 17.3. The molecular formula is C17H19NO3. The number of carbonyl (C=O) groups is 1. The molecule has 0 fully saturated rings. The molecule has 0 bridgehead atoms. The average Bonchev–Trinajstić information content (AvgIpc) is 2.56. The predicted molar refractivity (Wildman–Crippen MR) is 80.8 cm³/mol. The van der Waals surface area contributed by atoms with Gasteiger partial charge in [-0.3, -0.25) is 9.63 Å². The molecule has 0 saturated heterocycles. The summed E-state index contributed by atoms with van der Waals surface area (Å²) >= 11 is 0. The molecule has 0 saturated carbocycles. The molecule has 0 heterocycles. The van der Waals surface area contributed by atoms with E-state index in [1.165, 1.54) is 12.2 Å². The van der Waals surface area contributed by atoms with Crippen LogP contribution in [-0.2, 0) is 9.57 Å². The van der Waals surface area contributed by atoms with Crippen LogP contribution < -0.4 is 0 Å². The van der Waals surface area contributed by atoms with E-state index in [-0.39, 0.29) is 12.0 Å². The second-order valence-electron chi connectivity index (χ2n) is 4.63. The summed E-state index contributed by atoms with van der Waals surface area (Å²) in [6.07, 6.45) is -0.143. The van der Waals surface area contributed by atoms with Crippen LogP contribution in [0.5, 0.6) is 0 Å². The van der Waals surface area contributed by atoms with Gasteiger partial charge < -0.3 is 4.74 Å². The molecule has 21 heavy (non-hydrogen) atoms. The Morgan fingerprint density at radius 1 is 0.952 bits per heavy atom. The van der Waals surface area contributed by atoms with Gasteiger partial charge in [0.05, 0.1) is 7.11 Å². The average molecular weight is 285 g/mol. The summed E-state index contributed by atoms with van der Waals surface area (Å²) in [5.74, 6) is -0.183. The molecule has 110 valence electrons. The lowest BCUT2D eigenvalue weighted by molar-refractivity contribution is -0.0757. The standard InChI is InChI=1S/C17H19NO3/c1-18(21-3)17(19)15-11-9-14(10-12-15)16(20-2)13-7-5-4-6-8-13/h4-12,16H,1-3H3. The van der Waals surface area contributed by atoms with Crippen LogP contribution >= 0.6 is 0 Å². The number of nitrogens with zero attached hydrogens (tertiary/aromatic N) is 1. The van der Waals surface area contributed by atoms with Crippen molar-refractivity contribution in [2.75, 3.05) is 21.3 Å². The molecule has 0 aromatic heterocycles. The smallest absolute Gasteiger partial charge is 0.277 e. The number of amides is 1. The van der Waals surface area contributed by atoms with E-state index in [4.69, 9.17) is 9.57 Å². The molecule has 0 spiro atoms. The summed E-state index contributed by atoms with van der Waals surface area (Å²) in [7, 11) is 4.72. The topological polar surface area (TPSA) is 38.8 Å². The van der Waals surface area contributed by atoms with Crippen molar-refractivity contribution in [3.63, 3.8) is 0 Å². The fourth-order valence-corrected chi connectivity index (χ4v) is 2.16. The van der Waals surface area contributed by atoms with Crippen molar-refractivity contribution in [2.45, 2.75) is 6.10 Å². The minimum Gasteiger partial charge on any atom is -0.372 e. The molecule has 1 atom stereocenters. The maximum atomic E-state index is 12.0. The number of hydroxylamine groups is 2. The largest absolute Gasteiger partial charge is 0.372 e. The summed E-state index contributed by atoms with van der Waals surface area (Å²) in [4.78, 5) is 16.9. The molecule has 4 heteroatoms. The highest BCUT2D eigenvalue weighted by Crippen LogP contribution is 2.25. The van der Waals surface area contributed by atoms with E-state index in [1.807, 2.05) is 42.5 Å². The van der Waals surface area contributed by atoms with E-state index in [0.29, 0.717) is 5.56 Å². The van der Waals surface area contributed by atoms with Gasteiger partial charge in [-0.15, -0.1) is 0 Å². The summed E-state index contributed by atoms with van der Waals surface area (Å²) in [5.41, 5.74) is 2.65. The molecule has 0 aliphatic heterocycles. The van der Waals surface area contributed by atoms with E-state index in [2.05, 4.69) is 0 Å². The monoisotopic (exact) mass is 285 g/mol. The van der Waals surface area contributed by atoms with Gasteiger partial charge in [-0.05, 0) is 23.3 Å². The third-order valence-corrected chi connectivity index (χ3v) is 3.36. The molecule has 0 aliphatic carbocycles.